The van der Waals surface area contributed by atoms with E-state index in [9.17, 15) is 39.6 Å². The monoisotopic (exact) mass is 470 g/mol. The second-order valence-electron chi connectivity index (χ2n) is 6.14. The first-order chi connectivity index (χ1) is 14.3. The van der Waals surface area contributed by atoms with Crippen molar-refractivity contribution in [1.29, 1.82) is 0 Å². The molecule has 0 fully saturated rings. The molecule has 2 rings (SSSR count). The van der Waals surface area contributed by atoms with E-state index in [2.05, 4.69) is 14.8 Å². The zero-order valence-electron chi connectivity index (χ0n) is 15.5. The number of rotatable bonds is 8. The van der Waals surface area contributed by atoms with E-state index >= 15 is 0 Å². The Morgan fingerprint density at radius 1 is 0.903 bits per heavy atom. The molecule has 170 valence electrons. The molecule has 0 aromatic heterocycles. The number of benzene rings is 2. The fourth-order valence-corrected chi connectivity index (χ4v) is 3.34. The molecule has 0 aliphatic heterocycles. The van der Waals surface area contributed by atoms with Crippen LogP contribution in [0.4, 0.5) is 26.3 Å². The highest BCUT2D eigenvalue weighted by Crippen LogP contribution is 2.29. The van der Waals surface area contributed by atoms with Gasteiger partial charge < -0.3 is 10.1 Å². The summed E-state index contributed by atoms with van der Waals surface area (Å²) < 4.78 is 104. The predicted molar refractivity (Wildman–Crippen MR) is 96.2 cm³/mol. The molecule has 0 radical (unpaired) electrons. The fourth-order valence-electron chi connectivity index (χ4n) is 2.30. The first-order valence-electron chi connectivity index (χ1n) is 8.54. The van der Waals surface area contributed by atoms with E-state index in [1.807, 2.05) is 0 Å². The Morgan fingerprint density at radius 3 is 2.00 bits per heavy atom. The van der Waals surface area contributed by atoms with Crippen LogP contribution in [0.3, 0.4) is 0 Å². The maximum atomic E-state index is 12.5. The summed E-state index contributed by atoms with van der Waals surface area (Å²) >= 11 is 0. The molecule has 0 aliphatic carbocycles. The van der Waals surface area contributed by atoms with Crippen LogP contribution in [-0.2, 0) is 27.5 Å². The zero-order valence-corrected chi connectivity index (χ0v) is 16.4. The molecule has 0 spiro atoms. The van der Waals surface area contributed by atoms with Gasteiger partial charge in [0.25, 0.3) is 0 Å². The molecule has 0 heterocycles. The third-order valence-corrected chi connectivity index (χ3v) is 5.26. The Hall–Kier alpha value is -2.80. The van der Waals surface area contributed by atoms with Crippen LogP contribution in [0.1, 0.15) is 17.5 Å². The Kier molecular flexibility index (Phi) is 7.54. The van der Waals surface area contributed by atoms with Crippen molar-refractivity contribution in [3.8, 4) is 5.75 Å². The van der Waals surface area contributed by atoms with E-state index in [4.69, 9.17) is 0 Å². The Bertz CT molecular complexity index is 988. The molecule has 0 saturated heterocycles. The van der Waals surface area contributed by atoms with Gasteiger partial charge in [-0.1, -0.05) is 12.1 Å². The molecular formula is C18H16F6N2O4S. The second-order valence-corrected chi connectivity index (χ2v) is 7.91. The largest absolute Gasteiger partial charge is 0.573 e. The molecule has 0 unspecified atom stereocenters. The van der Waals surface area contributed by atoms with Gasteiger partial charge in [-0.25, -0.2) is 13.1 Å². The van der Waals surface area contributed by atoms with E-state index in [1.54, 1.807) is 0 Å². The van der Waals surface area contributed by atoms with E-state index in [0.717, 1.165) is 36.4 Å². The highest BCUT2D eigenvalue weighted by Gasteiger charge is 2.31. The number of hydrogen-bond donors (Lipinski definition) is 2. The summed E-state index contributed by atoms with van der Waals surface area (Å²) in [6.07, 6.45) is -9.65. The van der Waals surface area contributed by atoms with Gasteiger partial charge in [0.05, 0.1) is 10.5 Å². The van der Waals surface area contributed by atoms with Crippen LogP contribution < -0.4 is 14.8 Å². The van der Waals surface area contributed by atoms with Gasteiger partial charge in [0.1, 0.15) is 5.75 Å². The SMILES string of the molecule is O=C(CCNS(=O)(=O)c1ccc(OC(F)(F)F)cc1)NCc1ccc(C(F)(F)F)cc1. The lowest BCUT2D eigenvalue weighted by Gasteiger charge is -2.11. The summed E-state index contributed by atoms with van der Waals surface area (Å²) in [5, 5.41) is 2.43. The summed E-state index contributed by atoms with van der Waals surface area (Å²) in [7, 11) is -4.08. The fraction of sp³-hybridized carbons (Fsp3) is 0.278. The Labute approximate surface area is 173 Å². The topological polar surface area (TPSA) is 84.5 Å². The molecule has 0 saturated carbocycles. The normalized spacial score (nSPS) is 12.5. The number of carbonyl (C=O) groups is 1. The van der Waals surface area contributed by atoms with Crippen molar-refractivity contribution in [3.63, 3.8) is 0 Å². The summed E-state index contributed by atoms with van der Waals surface area (Å²) in [4.78, 5) is 11.5. The van der Waals surface area contributed by atoms with Crippen molar-refractivity contribution in [3.05, 3.63) is 59.7 Å². The van der Waals surface area contributed by atoms with Gasteiger partial charge in [0.2, 0.25) is 15.9 Å². The zero-order chi connectivity index (χ0) is 23.3. The molecular weight excluding hydrogens is 454 g/mol. The predicted octanol–water partition coefficient (Wildman–Crippen LogP) is 3.59. The van der Waals surface area contributed by atoms with E-state index in [1.165, 1.54) is 12.1 Å². The number of carbonyl (C=O) groups excluding carboxylic acids is 1. The van der Waals surface area contributed by atoms with Crippen molar-refractivity contribution in [2.75, 3.05) is 6.54 Å². The Balaban J connectivity index is 1.80. The molecule has 31 heavy (non-hydrogen) atoms. The third kappa shape index (κ3) is 8.09. The lowest BCUT2D eigenvalue weighted by molar-refractivity contribution is -0.274. The highest BCUT2D eigenvalue weighted by molar-refractivity contribution is 7.89. The van der Waals surface area contributed by atoms with Crippen molar-refractivity contribution in [2.45, 2.75) is 30.4 Å². The van der Waals surface area contributed by atoms with Gasteiger partial charge in [-0.15, -0.1) is 13.2 Å². The van der Waals surface area contributed by atoms with Crippen molar-refractivity contribution in [2.24, 2.45) is 0 Å². The number of alkyl halides is 6. The molecule has 13 heteroatoms. The van der Waals surface area contributed by atoms with Gasteiger partial charge in [0.15, 0.2) is 0 Å². The van der Waals surface area contributed by atoms with Crippen LogP contribution in [0.15, 0.2) is 53.4 Å². The van der Waals surface area contributed by atoms with E-state index < -0.39 is 39.8 Å². The number of sulfonamides is 1. The highest BCUT2D eigenvalue weighted by atomic mass is 32.2. The summed E-state index contributed by atoms with van der Waals surface area (Å²) in [5.74, 6) is -1.15. The minimum absolute atomic E-state index is 0.0512. The van der Waals surface area contributed by atoms with Crippen LogP contribution >= 0.6 is 0 Å². The maximum Gasteiger partial charge on any atom is 0.573 e. The van der Waals surface area contributed by atoms with E-state index in [0.29, 0.717) is 5.56 Å². The average Bonchev–Trinajstić information content (AvgIpc) is 2.65. The van der Waals surface area contributed by atoms with Crippen molar-refractivity contribution in [1.82, 2.24) is 10.0 Å². The molecule has 6 nitrogen and oxygen atoms in total. The first-order valence-corrected chi connectivity index (χ1v) is 10.0. The van der Waals surface area contributed by atoms with Crippen LogP contribution in [-0.4, -0.2) is 27.2 Å². The molecule has 2 aromatic carbocycles. The molecule has 2 aromatic rings. The first kappa shape index (κ1) is 24.5. The van der Waals surface area contributed by atoms with Gasteiger partial charge >= 0.3 is 12.5 Å². The van der Waals surface area contributed by atoms with Crippen LogP contribution in [0.5, 0.6) is 5.75 Å². The quantitative estimate of drug-likeness (QED) is 0.578. The van der Waals surface area contributed by atoms with Gasteiger partial charge in [0, 0.05) is 19.5 Å². The molecule has 0 bridgehead atoms. The number of ether oxygens (including phenoxy) is 1. The van der Waals surface area contributed by atoms with Crippen LogP contribution in [0.2, 0.25) is 0 Å². The minimum atomic E-state index is -4.91. The lowest BCUT2D eigenvalue weighted by atomic mass is 10.1. The number of nitrogens with one attached hydrogen (secondary N) is 2. The molecule has 0 atom stereocenters. The molecule has 1 amide bonds. The Morgan fingerprint density at radius 2 is 1.48 bits per heavy atom. The third-order valence-electron chi connectivity index (χ3n) is 3.78. The molecule has 2 N–H and O–H groups in total. The maximum absolute atomic E-state index is 12.5. The number of amides is 1. The average molecular weight is 470 g/mol. The second kappa shape index (κ2) is 9.56. The smallest absolute Gasteiger partial charge is 0.406 e. The summed E-state index contributed by atoms with van der Waals surface area (Å²) in [6, 6.07) is 7.65. The van der Waals surface area contributed by atoms with Crippen LogP contribution in [0, 0.1) is 0 Å². The van der Waals surface area contributed by atoms with Gasteiger partial charge in [-0.05, 0) is 42.0 Å². The van der Waals surface area contributed by atoms with Crippen molar-refractivity contribution < 1.29 is 44.3 Å². The summed E-state index contributed by atoms with van der Waals surface area (Å²) in [5.41, 5.74) is -0.405. The van der Waals surface area contributed by atoms with Gasteiger partial charge in [-0.2, -0.15) is 13.2 Å². The van der Waals surface area contributed by atoms with Crippen molar-refractivity contribution >= 4 is 15.9 Å². The standard InChI is InChI=1S/C18H16F6N2O4S/c19-17(20,21)13-3-1-12(2-4-13)11-25-16(27)9-10-26-31(28,29)15-7-5-14(6-8-15)30-18(22,23)24/h1-8,26H,9-11H2,(H,25,27). The summed E-state index contributed by atoms with van der Waals surface area (Å²) in [6.45, 7) is -0.355. The van der Waals surface area contributed by atoms with Gasteiger partial charge in [-0.3, -0.25) is 4.79 Å². The van der Waals surface area contributed by atoms with E-state index in [-0.39, 0.29) is 24.4 Å². The lowest BCUT2D eigenvalue weighted by Crippen LogP contribution is -2.30. The number of hydrogen-bond acceptors (Lipinski definition) is 4. The number of halogens is 6. The van der Waals surface area contributed by atoms with Crippen LogP contribution in [0.25, 0.3) is 0 Å². The minimum Gasteiger partial charge on any atom is -0.406 e. The molecule has 0 aliphatic rings.